The highest BCUT2D eigenvalue weighted by Gasteiger charge is 2.29. The Hall–Kier alpha value is -2.32. The van der Waals surface area contributed by atoms with E-state index in [-0.39, 0.29) is 24.8 Å². The summed E-state index contributed by atoms with van der Waals surface area (Å²) in [6.45, 7) is 2.15. The van der Waals surface area contributed by atoms with Crippen LogP contribution in [-0.4, -0.2) is 59.0 Å². The molecule has 0 radical (unpaired) electrons. The summed E-state index contributed by atoms with van der Waals surface area (Å²) in [5, 5.41) is 14.1. The molecule has 21 heavy (non-hydrogen) atoms. The molecule has 1 aliphatic heterocycles. The van der Waals surface area contributed by atoms with Crippen LogP contribution in [0.2, 0.25) is 0 Å². The van der Waals surface area contributed by atoms with Crippen LogP contribution in [0.4, 0.5) is 4.79 Å². The van der Waals surface area contributed by atoms with E-state index in [0.29, 0.717) is 19.5 Å². The second kappa shape index (κ2) is 7.46. The summed E-state index contributed by atoms with van der Waals surface area (Å²) in [6, 6.07) is -1.81. The molecular formula is C12H20N4O5. The van der Waals surface area contributed by atoms with Crippen molar-refractivity contribution in [3.8, 4) is 0 Å². The lowest BCUT2D eigenvalue weighted by Crippen LogP contribution is -2.48. The number of carboxylic acids is 1. The van der Waals surface area contributed by atoms with Crippen LogP contribution in [0.3, 0.4) is 0 Å². The van der Waals surface area contributed by atoms with Crippen molar-refractivity contribution in [1.82, 2.24) is 15.5 Å². The minimum atomic E-state index is -1.22. The number of hydrogen-bond donors (Lipinski definition) is 4. The van der Waals surface area contributed by atoms with Gasteiger partial charge >= 0.3 is 12.0 Å². The van der Waals surface area contributed by atoms with Gasteiger partial charge in [-0.05, 0) is 12.8 Å². The van der Waals surface area contributed by atoms with E-state index in [1.807, 2.05) is 0 Å². The zero-order chi connectivity index (χ0) is 16.0. The third-order valence-electron chi connectivity index (χ3n) is 3.16. The summed E-state index contributed by atoms with van der Waals surface area (Å²) in [7, 11) is 0. The summed E-state index contributed by atoms with van der Waals surface area (Å²) in [6.07, 6.45) is 0.442. The number of urea groups is 1. The third kappa shape index (κ3) is 5.67. The van der Waals surface area contributed by atoms with Crippen LogP contribution in [0.1, 0.15) is 26.2 Å². The Morgan fingerprint density at radius 3 is 2.57 bits per heavy atom. The van der Waals surface area contributed by atoms with E-state index in [1.54, 1.807) is 0 Å². The van der Waals surface area contributed by atoms with Crippen molar-refractivity contribution >= 4 is 23.8 Å². The molecule has 1 fully saturated rings. The molecule has 118 valence electrons. The monoisotopic (exact) mass is 300 g/mol. The van der Waals surface area contributed by atoms with Gasteiger partial charge in [0.2, 0.25) is 11.8 Å². The van der Waals surface area contributed by atoms with Gasteiger partial charge in [-0.1, -0.05) is 0 Å². The number of aliphatic carboxylic acids is 1. The van der Waals surface area contributed by atoms with Gasteiger partial charge in [-0.2, -0.15) is 0 Å². The maximum absolute atomic E-state index is 12.0. The topological polar surface area (TPSA) is 142 Å². The minimum absolute atomic E-state index is 0.0562. The molecule has 1 heterocycles. The molecule has 5 N–H and O–H groups in total. The van der Waals surface area contributed by atoms with Crippen LogP contribution in [0.25, 0.3) is 0 Å². The summed E-state index contributed by atoms with van der Waals surface area (Å²) in [5.74, 6) is -2.02. The number of primary amides is 1. The number of nitrogens with one attached hydrogen (secondary N) is 2. The average Bonchev–Trinajstić information content (AvgIpc) is 2.81. The SMILES string of the molecule is CC(=O)NC1CCN(C(=O)N[C@@H](CCC(N)=O)C(=O)O)C1. The maximum Gasteiger partial charge on any atom is 0.326 e. The largest absolute Gasteiger partial charge is 0.480 e. The Balaban J connectivity index is 2.48. The molecule has 1 saturated heterocycles. The first-order chi connectivity index (χ1) is 9.79. The number of rotatable bonds is 6. The Labute approximate surface area is 121 Å². The van der Waals surface area contributed by atoms with E-state index in [9.17, 15) is 19.2 Å². The normalized spacial score (nSPS) is 18.9. The smallest absolute Gasteiger partial charge is 0.326 e. The molecule has 0 aliphatic carbocycles. The number of nitrogens with two attached hydrogens (primary N) is 1. The molecule has 4 amide bonds. The zero-order valence-corrected chi connectivity index (χ0v) is 11.8. The second-order valence-electron chi connectivity index (χ2n) is 4.98. The van der Waals surface area contributed by atoms with Crippen LogP contribution in [0, 0.1) is 0 Å². The first-order valence-electron chi connectivity index (χ1n) is 6.63. The second-order valence-corrected chi connectivity index (χ2v) is 4.98. The van der Waals surface area contributed by atoms with E-state index in [1.165, 1.54) is 11.8 Å². The van der Waals surface area contributed by atoms with Crippen molar-refractivity contribution in [1.29, 1.82) is 0 Å². The van der Waals surface area contributed by atoms with Crippen molar-refractivity contribution in [3.63, 3.8) is 0 Å². The van der Waals surface area contributed by atoms with Gasteiger partial charge in [0.25, 0.3) is 0 Å². The van der Waals surface area contributed by atoms with E-state index in [4.69, 9.17) is 10.8 Å². The van der Waals surface area contributed by atoms with E-state index in [2.05, 4.69) is 10.6 Å². The maximum atomic E-state index is 12.0. The summed E-state index contributed by atoms with van der Waals surface area (Å²) < 4.78 is 0. The number of nitrogens with zero attached hydrogens (tertiary/aromatic N) is 1. The van der Waals surface area contributed by atoms with Crippen molar-refractivity contribution in [2.45, 2.75) is 38.3 Å². The third-order valence-corrected chi connectivity index (χ3v) is 3.16. The van der Waals surface area contributed by atoms with Gasteiger partial charge < -0.3 is 26.4 Å². The van der Waals surface area contributed by atoms with Gasteiger partial charge in [0.15, 0.2) is 0 Å². The number of carboxylic acid groups (broad SMARTS) is 1. The van der Waals surface area contributed by atoms with Gasteiger partial charge in [-0.25, -0.2) is 9.59 Å². The molecule has 0 aromatic carbocycles. The Morgan fingerprint density at radius 1 is 1.38 bits per heavy atom. The Morgan fingerprint density at radius 2 is 2.05 bits per heavy atom. The fourth-order valence-corrected chi connectivity index (χ4v) is 2.13. The molecule has 0 bridgehead atoms. The predicted molar refractivity (Wildman–Crippen MR) is 72.2 cm³/mol. The summed E-state index contributed by atoms with van der Waals surface area (Å²) >= 11 is 0. The molecular weight excluding hydrogens is 280 g/mol. The number of amides is 4. The van der Waals surface area contributed by atoms with Gasteiger partial charge in [0, 0.05) is 32.5 Å². The van der Waals surface area contributed by atoms with E-state index >= 15 is 0 Å². The molecule has 0 aromatic heterocycles. The molecule has 9 heteroatoms. The molecule has 1 aliphatic rings. The lowest BCUT2D eigenvalue weighted by molar-refractivity contribution is -0.139. The van der Waals surface area contributed by atoms with Crippen molar-refractivity contribution < 1.29 is 24.3 Å². The van der Waals surface area contributed by atoms with Gasteiger partial charge in [0.05, 0.1) is 0 Å². The highest BCUT2D eigenvalue weighted by Crippen LogP contribution is 2.10. The van der Waals surface area contributed by atoms with Crippen LogP contribution in [0.5, 0.6) is 0 Å². The van der Waals surface area contributed by atoms with Crippen molar-refractivity contribution in [2.75, 3.05) is 13.1 Å². The lowest BCUT2D eigenvalue weighted by Gasteiger charge is -2.21. The fraction of sp³-hybridized carbons (Fsp3) is 0.667. The highest BCUT2D eigenvalue weighted by molar-refractivity contribution is 5.83. The minimum Gasteiger partial charge on any atom is -0.480 e. The number of hydrogen-bond acceptors (Lipinski definition) is 4. The van der Waals surface area contributed by atoms with Gasteiger partial charge in [0.1, 0.15) is 6.04 Å². The van der Waals surface area contributed by atoms with Crippen LogP contribution in [-0.2, 0) is 14.4 Å². The summed E-state index contributed by atoms with van der Waals surface area (Å²) in [5.41, 5.74) is 4.96. The first-order valence-corrected chi connectivity index (χ1v) is 6.63. The van der Waals surface area contributed by atoms with Crippen LogP contribution >= 0.6 is 0 Å². The van der Waals surface area contributed by atoms with E-state index < -0.39 is 23.9 Å². The van der Waals surface area contributed by atoms with Gasteiger partial charge in [-0.15, -0.1) is 0 Å². The molecule has 0 spiro atoms. The van der Waals surface area contributed by atoms with Crippen molar-refractivity contribution in [3.05, 3.63) is 0 Å². The first kappa shape index (κ1) is 16.7. The standard InChI is InChI=1S/C12H20N4O5/c1-7(17)14-8-4-5-16(6-8)12(21)15-9(11(19)20)2-3-10(13)18/h8-9H,2-6H2,1H3,(H2,13,18)(H,14,17)(H,15,21)(H,19,20)/t8?,9-/m0/s1. The molecule has 0 aromatic rings. The number of carbonyl (C=O) groups excluding carboxylic acids is 3. The average molecular weight is 300 g/mol. The molecule has 2 atom stereocenters. The van der Waals surface area contributed by atoms with Crippen LogP contribution < -0.4 is 16.4 Å². The number of likely N-dealkylation sites (tertiary alicyclic amines) is 1. The zero-order valence-electron chi connectivity index (χ0n) is 11.8. The van der Waals surface area contributed by atoms with Gasteiger partial charge in [-0.3, -0.25) is 9.59 Å². The van der Waals surface area contributed by atoms with Crippen molar-refractivity contribution in [2.24, 2.45) is 5.73 Å². The summed E-state index contributed by atoms with van der Waals surface area (Å²) in [4.78, 5) is 46.0. The Kier molecular flexibility index (Phi) is 5.94. The Bertz CT molecular complexity index is 439. The molecule has 9 nitrogen and oxygen atoms in total. The number of carbonyl (C=O) groups is 4. The molecule has 1 unspecified atom stereocenters. The predicted octanol–water partition coefficient (Wildman–Crippen LogP) is -1.37. The quantitative estimate of drug-likeness (QED) is 0.478. The van der Waals surface area contributed by atoms with E-state index in [0.717, 1.165) is 0 Å². The fourth-order valence-electron chi connectivity index (χ4n) is 2.13. The van der Waals surface area contributed by atoms with Crippen LogP contribution in [0.15, 0.2) is 0 Å². The lowest BCUT2D eigenvalue weighted by atomic mass is 10.1. The molecule has 0 saturated carbocycles. The highest BCUT2D eigenvalue weighted by atomic mass is 16.4. The molecule has 1 rings (SSSR count).